The van der Waals surface area contributed by atoms with Crippen LogP contribution in [0, 0.1) is 0 Å². The molecule has 0 atom stereocenters. The molecule has 0 bridgehead atoms. The molecule has 9 heteroatoms. The van der Waals surface area contributed by atoms with Crippen LogP contribution in [0.2, 0.25) is 0 Å². The summed E-state index contributed by atoms with van der Waals surface area (Å²) in [7, 11) is -0.716. The molecule has 0 unspecified atom stereocenters. The van der Waals surface area contributed by atoms with Crippen molar-refractivity contribution in [1.29, 1.82) is 0 Å². The summed E-state index contributed by atoms with van der Waals surface area (Å²) in [4.78, 5) is 1.86. The van der Waals surface area contributed by atoms with E-state index in [1.165, 1.54) is 0 Å². The highest BCUT2D eigenvalue weighted by molar-refractivity contribution is 8.72. The van der Waals surface area contributed by atoms with Gasteiger partial charge < -0.3 is 4.90 Å². The molecule has 0 aromatic rings. The van der Waals surface area contributed by atoms with Crippen LogP contribution in [-0.2, 0) is 17.7 Å². The number of hydrogen-bond acceptors (Lipinski definition) is 7. The second-order valence-electron chi connectivity index (χ2n) is 3.88. The first-order valence-electron chi connectivity index (χ1n) is 5.54. The Kier molecular flexibility index (Phi) is 8.23. The van der Waals surface area contributed by atoms with Crippen molar-refractivity contribution < 1.29 is 16.8 Å². The number of rotatable bonds is 9. The van der Waals surface area contributed by atoms with Crippen LogP contribution in [0.1, 0.15) is 13.8 Å². The summed E-state index contributed by atoms with van der Waals surface area (Å²) in [5, 5.41) is 0. The minimum Gasteiger partial charge on any atom is -0.305 e. The Morgan fingerprint density at radius 3 is 1.44 bits per heavy atom. The number of nitrogens with zero attached hydrogens (tertiary/aromatic N) is 1. The van der Waals surface area contributed by atoms with Gasteiger partial charge in [0.15, 0.2) is 0 Å². The maximum absolute atomic E-state index is 11.4. The zero-order valence-electron chi connectivity index (χ0n) is 11.1. The molecule has 0 N–H and O–H groups in total. The fourth-order valence-electron chi connectivity index (χ4n) is 0.877. The van der Waals surface area contributed by atoms with Gasteiger partial charge in [0.05, 0.1) is 11.5 Å². The van der Waals surface area contributed by atoms with Gasteiger partial charge >= 0.3 is 0 Å². The van der Waals surface area contributed by atoms with Gasteiger partial charge in [0, 0.05) is 17.5 Å². The van der Waals surface area contributed by atoms with E-state index in [0.717, 1.165) is 21.6 Å². The second kappa shape index (κ2) is 7.98. The Morgan fingerprint density at radius 2 is 1.22 bits per heavy atom. The second-order valence-corrected chi connectivity index (χ2v) is 12.9. The van der Waals surface area contributed by atoms with Crippen molar-refractivity contribution in [2.75, 3.05) is 37.1 Å². The monoisotopic (exact) mass is 335 g/mol. The normalized spacial score (nSPS) is 13.4. The molecule has 0 amide bonds. The summed E-state index contributed by atoms with van der Waals surface area (Å²) < 4.78 is 45.6. The average molecular weight is 336 g/mol. The van der Waals surface area contributed by atoms with Gasteiger partial charge in [0.25, 0.3) is 0 Å². The zero-order valence-corrected chi connectivity index (χ0v) is 14.4. The van der Waals surface area contributed by atoms with Gasteiger partial charge in [-0.3, -0.25) is 0 Å². The lowest BCUT2D eigenvalue weighted by Gasteiger charge is -2.22. The van der Waals surface area contributed by atoms with Gasteiger partial charge in [-0.25, -0.2) is 16.8 Å². The lowest BCUT2D eigenvalue weighted by atomic mass is 10.4. The van der Waals surface area contributed by atoms with E-state index in [0.29, 0.717) is 11.5 Å². The number of hydrogen-bond donors (Lipinski definition) is 0. The highest BCUT2D eigenvalue weighted by Gasteiger charge is 2.19. The van der Waals surface area contributed by atoms with Gasteiger partial charge in [0.2, 0.25) is 17.7 Å². The van der Waals surface area contributed by atoms with Gasteiger partial charge in [-0.15, -0.1) is 0 Å². The van der Waals surface area contributed by atoms with Crippen molar-refractivity contribution in [2.24, 2.45) is 0 Å². The van der Waals surface area contributed by atoms with Crippen LogP contribution >= 0.6 is 21.6 Å². The standard InChI is InChI=1S/C9H21NO4S4/c1-5-17(11,12)15-7-9(10(3)4)8-16-18(13,14)6-2/h9H,5-8H2,1-4H3. The van der Waals surface area contributed by atoms with E-state index in [4.69, 9.17) is 0 Å². The Morgan fingerprint density at radius 1 is 0.889 bits per heavy atom. The van der Waals surface area contributed by atoms with Gasteiger partial charge in [-0.2, -0.15) is 0 Å². The van der Waals surface area contributed by atoms with Crippen molar-refractivity contribution >= 4 is 39.3 Å². The predicted octanol–water partition coefficient (Wildman–Crippen LogP) is 1.08. The molecule has 0 aromatic carbocycles. The fraction of sp³-hybridized carbons (Fsp3) is 1.00. The fourth-order valence-corrected chi connectivity index (χ4v) is 6.11. The molecule has 0 aromatic heterocycles. The lowest BCUT2D eigenvalue weighted by molar-refractivity contribution is 0.345. The Labute approximate surface area is 118 Å². The third-order valence-corrected chi connectivity index (χ3v) is 9.88. The molecule has 0 saturated heterocycles. The Balaban J connectivity index is 4.43. The van der Waals surface area contributed by atoms with Crippen LogP contribution in [0.4, 0.5) is 0 Å². The minimum absolute atomic E-state index is 0.0809. The minimum atomic E-state index is -3.08. The summed E-state index contributed by atoms with van der Waals surface area (Å²) in [6.45, 7) is 3.20. The molecule has 0 heterocycles. The molecular weight excluding hydrogens is 314 g/mol. The molecule has 0 saturated carbocycles. The molecule has 5 nitrogen and oxygen atoms in total. The molecule has 18 heavy (non-hydrogen) atoms. The van der Waals surface area contributed by atoms with Crippen LogP contribution in [-0.4, -0.2) is 64.9 Å². The first-order valence-corrected chi connectivity index (χ1v) is 11.8. The Bertz CT molecular complexity index is 391. The predicted molar refractivity (Wildman–Crippen MR) is 81.3 cm³/mol. The van der Waals surface area contributed by atoms with Crippen molar-refractivity contribution in [1.82, 2.24) is 4.90 Å². The summed E-state index contributed by atoms with van der Waals surface area (Å²) in [5.41, 5.74) is 0. The van der Waals surface area contributed by atoms with Crippen LogP contribution in [0.3, 0.4) is 0 Å². The van der Waals surface area contributed by atoms with Crippen LogP contribution in [0.15, 0.2) is 0 Å². The third kappa shape index (κ3) is 7.88. The van der Waals surface area contributed by atoms with Gasteiger partial charge in [-0.05, 0) is 35.7 Å². The van der Waals surface area contributed by atoms with E-state index < -0.39 is 17.7 Å². The molecule has 0 spiro atoms. The van der Waals surface area contributed by atoms with E-state index in [2.05, 4.69) is 0 Å². The third-order valence-electron chi connectivity index (χ3n) is 2.32. The summed E-state index contributed by atoms with van der Waals surface area (Å²) >= 11 is 0. The van der Waals surface area contributed by atoms with Crippen molar-refractivity contribution in [3.8, 4) is 0 Å². The van der Waals surface area contributed by atoms with E-state index in [-0.39, 0.29) is 17.5 Å². The molecule has 0 aliphatic carbocycles. The first kappa shape index (κ1) is 18.6. The molecule has 0 aliphatic rings. The van der Waals surface area contributed by atoms with Crippen molar-refractivity contribution in [2.45, 2.75) is 19.9 Å². The van der Waals surface area contributed by atoms with Crippen molar-refractivity contribution in [3.63, 3.8) is 0 Å². The van der Waals surface area contributed by atoms with E-state index in [1.54, 1.807) is 13.8 Å². The molecule has 0 radical (unpaired) electrons. The molecule has 0 rings (SSSR count). The van der Waals surface area contributed by atoms with Gasteiger partial charge in [-0.1, -0.05) is 13.8 Å². The topological polar surface area (TPSA) is 71.5 Å². The maximum atomic E-state index is 11.4. The van der Waals surface area contributed by atoms with E-state index in [1.807, 2.05) is 19.0 Å². The highest BCUT2D eigenvalue weighted by Crippen LogP contribution is 2.21. The van der Waals surface area contributed by atoms with E-state index >= 15 is 0 Å². The van der Waals surface area contributed by atoms with E-state index in [9.17, 15) is 16.8 Å². The van der Waals surface area contributed by atoms with Crippen LogP contribution < -0.4 is 0 Å². The molecular formula is C9H21NO4S4. The smallest absolute Gasteiger partial charge is 0.201 e. The summed E-state index contributed by atoms with van der Waals surface area (Å²) in [6, 6.07) is -0.0809. The van der Waals surface area contributed by atoms with Crippen molar-refractivity contribution in [3.05, 3.63) is 0 Å². The maximum Gasteiger partial charge on any atom is 0.201 e. The Hall–Kier alpha value is 0.560. The summed E-state index contributed by atoms with van der Waals surface area (Å²) in [6.07, 6.45) is 0. The molecule has 0 aliphatic heterocycles. The molecule has 110 valence electrons. The zero-order chi connectivity index (χ0) is 14.4. The van der Waals surface area contributed by atoms with Gasteiger partial charge in [0.1, 0.15) is 0 Å². The van der Waals surface area contributed by atoms with Crippen LogP contribution in [0.5, 0.6) is 0 Å². The first-order chi connectivity index (χ1) is 8.13. The quantitative estimate of drug-likeness (QED) is 0.584. The highest BCUT2D eigenvalue weighted by atomic mass is 33.1. The van der Waals surface area contributed by atoms with Crippen LogP contribution in [0.25, 0.3) is 0 Å². The SMILES string of the molecule is CCS(=O)(=O)SCC(CSS(=O)(=O)CC)N(C)C. The lowest BCUT2D eigenvalue weighted by Crippen LogP contribution is -2.33. The molecule has 0 fully saturated rings. The summed E-state index contributed by atoms with van der Waals surface area (Å²) in [5.74, 6) is 0.960. The largest absolute Gasteiger partial charge is 0.305 e. The average Bonchev–Trinajstić information content (AvgIpc) is 2.28.